The van der Waals surface area contributed by atoms with Crippen molar-refractivity contribution in [1.82, 2.24) is 19.2 Å². The Morgan fingerprint density at radius 2 is 1.70 bits per heavy atom. The quantitative estimate of drug-likeness (QED) is 0.452. The van der Waals surface area contributed by atoms with Gasteiger partial charge in [0.1, 0.15) is 5.82 Å². The molecule has 1 aliphatic rings. The lowest BCUT2D eigenvalue weighted by Gasteiger charge is -2.18. The molecule has 2 aromatic carbocycles. The maximum Gasteiger partial charge on any atom is 0.227 e. The highest BCUT2D eigenvalue weighted by atomic mass is 16.5. The standard InChI is InChI=1S/C26H26N4O3/c1-18-6-9-20(10-7-18)30-26(28-12-4-5-13-28)21-16-29(17-22(21)27-30)25(31)15-19-8-11-23(32-2)24(14-19)33-3/h4-14H,15-17H2,1-3H3. The van der Waals surface area contributed by atoms with E-state index in [0.717, 1.165) is 28.3 Å². The molecule has 2 aromatic heterocycles. The fraction of sp³-hybridized carbons (Fsp3) is 0.231. The number of carbonyl (C=O) groups excluding carboxylic acids is 1. The Kier molecular flexibility index (Phi) is 5.38. The Hall–Kier alpha value is -4.00. The average Bonchev–Trinajstić information content (AvgIpc) is 3.55. The van der Waals surface area contributed by atoms with Crippen LogP contribution in [0.5, 0.6) is 11.5 Å². The van der Waals surface area contributed by atoms with Gasteiger partial charge in [0.15, 0.2) is 11.5 Å². The van der Waals surface area contributed by atoms with Crippen molar-refractivity contribution in [3.05, 3.63) is 89.4 Å². The fourth-order valence-corrected chi connectivity index (χ4v) is 4.26. The minimum Gasteiger partial charge on any atom is -0.493 e. The Morgan fingerprint density at radius 1 is 0.970 bits per heavy atom. The van der Waals surface area contributed by atoms with Crippen molar-refractivity contribution in [3.8, 4) is 23.0 Å². The van der Waals surface area contributed by atoms with Crippen LogP contribution in [-0.2, 0) is 24.3 Å². The van der Waals surface area contributed by atoms with Crippen LogP contribution in [0, 0.1) is 6.92 Å². The van der Waals surface area contributed by atoms with Crippen LogP contribution < -0.4 is 9.47 Å². The maximum atomic E-state index is 13.1. The molecular formula is C26H26N4O3. The summed E-state index contributed by atoms with van der Waals surface area (Å²) in [5.41, 5.74) is 5.10. The summed E-state index contributed by atoms with van der Waals surface area (Å²) in [4.78, 5) is 15.0. The van der Waals surface area contributed by atoms with Gasteiger partial charge in [0, 0.05) is 18.0 Å². The van der Waals surface area contributed by atoms with E-state index in [9.17, 15) is 4.79 Å². The minimum atomic E-state index is 0.0561. The second kappa shape index (κ2) is 8.50. The van der Waals surface area contributed by atoms with Crippen molar-refractivity contribution in [3.63, 3.8) is 0 Å². The first kappa shape index (κ1) is 20.9. The summed E-state index contributed by atoms with van der Waals surface area (Å²) < 4.78 is 14.7. The monoisotopic (exact) mass is 442 g/mol. The summed E-state index contributed by atoms with van der Waals surface area (Å²) in [5, 5.41) is 4.90. The van der Waals surface area contributed by atoms with Crippen molar-refractivity contribution in [2.24, 2.45) is 0 Å². The number of carbonyl (C=O) groups is 1. The third-order valence-electron chi connectivity index (χ3n) is 6.01. The van der Waals surface area contributed by atoms with Crippen molar-refractivity contribution >= 4 is 5.91 Å². The van der Waals surface area contributed by atoms with E-state index in [1.165, 1.54) is 5.56 Å². The lowest BCUT2D eigenvalue weighted by molar-refractivity contribution is -0.131. The molecule has 7 nitrogen and oxygen atoms in total. The Balaban J connectivity index is 1.42. The summed E-state index contributed by atoms with van der Waals surface area (Å²) in [5.74, 6) is 2.30. The third-order valence-corrected chi connectivity index (χ3v) is 6.01. The van der Waals surface area contributed by atoms with Gasteiger partial charge >= 0.3 is 0 Å². The van der Waals surface area contributed by atoms with Gasteiger partial charge in [-0.05, 0) is 48.9 Å². The number of aromatic nitrogens is 3. The molecule has 3 heterocycles. The van der Waals surface area contributed by atoms with Crippen LogP contribution in [0.3, 0.4) is 0 Å². The van der Waals surface area contributed by atoms with Gasteiger partial charge < -0.3 is 18.9 Å². The number of fused-ring (bicyclic) bond motifs is 1. The predicted molar refractivity (Wildman–Crippen MR) is 125 cm³/mol. The molecule has 0 radical (unpaired) electrons. The smallest absolute Gasteiger partial charge is 0.227 e. The van der Waals surface area contributed by atoms with E-state index in [4.69, 9.17) is 14.6 Å². The number of rotatable bonds is 6. The number of hydrogen-bond acceptors (Lipinski definition) is 4. The Bertz CT molecular complexity index is 1290. The first-order valence-corrected chi connectivity index (χ1v) is 10.9. The zero-order valence-electron chi connectivity index (χ0n) is 19.0. The molecule has 168 valence electrons. The van der Waals surface area contributed by atoms with E-state index in [2.05, 4.69) is 35.8 Å². The number of nitrogens with zero attached hydrogens (tertiary/aromatic N) is 4. The van der Waals surface area contributed by atoms with Crippen molar-refractivity contribution in [2.45, 2.75) is 26.4 Å². The van der Waals surface area contributed by atoms with Crippen LogP contribution in [0.1, 0.15) is 22.4 Å². The largest absolute Gasteiger partial charge is 0.493 e. The van der Waals surface area contributed by atoms with Gasteiger partial charge in [0.2, 0.25) is 5.91 Å². The van der Waals surface area contributed by atoms with Crippen LogP contribution in [-0.4, -0.2) is 39.4 Å². The maximum absolute atomic E-state index is 13.1. The van der Waals surface area contributed by atoms with Gasteiger partial charge in [0.25, 0.3) is 0 Å². The number of ether oxygens (including phenoxy) is 2. The SMILES string of the molecule is COc1ccc(CC(=O)N2Cc3nn(-c4ccc(C)cc4)c(-n4cccc4)c3C2)cc1OC. The molecule has 4 aromatic rings. The normalized spacial score (nSPS) is 12.6. The topological polar surface area (TPSA) is 61.5 Å². The minimum absolute atomic E-state index is 0.0561. The highest BCUT2D eigenvalue weighted by molar-refractivity contribution is 5.80. The number of amides is 1. The van der Waals surface area contributed by atoms with Crippen LogP contribution in [0.25, 0.3) is 11.5 Å². The predicted octanol–water partition coefficient (Wildman–Crippen LogP) is 4.07. The zero-order chi connectivity index (χ0) is 22.9. The lowest BCUT2D eigenvalue weighted by atomic mass is 10.1. The molecule has 0 fully saturated rings. The van der Waals surface area contributed by atoms with Crippen molar-refractivity contribution < 1.29 is 14.3 Å². The van der Waals surface area contributed by atoms with E-state index in [1.54, 1.807) is 14.2 Å². The number of hydrogen-bond donors (Lipinski definition) is 0. The summed E-state index contributed by atoms with van der Waals surface area (Å²) in [6.45, 7) is 3.09. The molecule has 1 amide bonds. The molecule has 0 unspecified atom stereocenters. The number of aryl methyl sites for hydroxylation is 1. The number of methoxy groups -OCH3 is 2. The number of benzene rings is 2. The highest BCUT2D eigenvalue weighted by Gasteiger charge is 2.31. The molecule has 0 aliphatic carbocycles. The van der Waals surface area contributed by atoms with Crippen molar-refractivity contribution in [2.75, 3.05) is 14.2 Å². The van der Waals surface area contributed by atoms with E-state index >= 15 is 0 Å². The van der Waals surface area contributed by atoms with Crippen LogP contribution in [0.4, 0.5) is 0 Å². The molecule has 33 heavy (non-hydrogen) atoms. The Labute approximate surface area is 192 Å². The molecule has 1 aliphatic heterocycles. The third kappa shape index (κ3) is 3.86. The molecule has 0 N–H and O–H groups in total. The van der Waals surface area contributed by atoms with Gasteiger partial charge in [-0.25, -0.2) is 4.68 Å². The summed E-state index contributed by atoms with van der Waals surface area (Å²) in [6, 6.07) is 17.9. The molecule has 0 bridgehead atoms. The van der Waals surface area contributed by atoms with Gasteiger partial charge in [-0.1, -0.05) is 23.8 Å². The summed E-state index contributed by atoms with van der Waals surface area (Å²) in [6.07, 6.45) is 4.31. The van der Waals surface area contributed by atoms with E-state index < -0.39 is 0 Å². The van der Waals surface area contributed by atoms with Crippen LogP contribution >= 0.6 is 0 Å². The molecular weight excluding hydrogens is 416 g/mol. The molecule has 7 heteroatoms. The zero-order valence-corrected chi connectivity index (χ0v) is 19.0. The molecule has 0 saturated heterocycles. The van der Waals surface area contributed by atoms with Crippen molar-refractivity contribution in [1.29, 1.82) is 0 Å². The Morgan fingerprint density at radius 3 is 2.39 bits per heavy atom. The molecule has 5 rings (SSSR count). The van der Waals surface area contributed by atoms with E-state index in [0.29, 0.717) is 31.0 Å². The first-order valence-electron chi connectivity index (χ1n) is 10.9. The van der Waals surface area contributed by atoms with Gasteiger partial charge in [-0.15, -0.1) is 0 Å². The first-order chi connectivity index (χ1) is 16.1. The van der Waals surface area contributed by atoms with Crippen LogP contribution in [0.2, 0.25) is 0 Å². The lowest BCUT2D eigenvalue weighted by Crippen LogP contribution is -2.28. The fourth-order valence-electron chi connectivity index (χ4n) is 4.26. The van der Waals surface area contributed by atoms with Gasteiger partial charge in [-0.3, -0.25) is 4.79 Å². The van der Waals surface area contributed by atoms with Gasteiger partial charge in [0.05, 0.1) is 45.1 Å². The molecule has 0 spiro atoms. The van der Waals surface area contributed by atoms with Crippen LogP contribution in [0.15, 0.2) is 67.0 Å². The van der Waals surface area contributed by atoms with Gasteiger partial charge in [-0.2, -0.15) is 5.10 Å². The van der Waals surface area contributed by atoms with E-state index in [-0.39, 0.29) is 5.91 Å². The summed E-state index contributed by atoms with van der Waals surface area (Å²) in [7, 11) is 3.20. The summed E-state index contributed by atoms with van der Waals surface area (Å²) >= 11 is 0. The highest BCUT2D eigenvalue weighted by Crippen LogP contribution is 2.32. The second-order valence-electron chi connectivity index (χ2n) is 8.20. The molecule has 0 atom stereocenters. The molecule has 0 saturated carbocycles. The van der Waals surface area contributed by atoms with E-state index in [1.807, 2.05) is 52.3 Å². The second-order valence-corrected chi connectivity index (χ2v) is 8.20. The average molecular weight is 443 g/mol.